The highest BCUT2D eigenvalue weighted by Crippen LogP contribution is 2.47. The number of hydrogen-bond donors (Lipinski definition) is 1. The number of ether oxygens (including phenoxy) is 1. The summed E-state index contributed by atoms with van der Waals surface area (Å²) in [6.45, 7) is 7.05. The van der Waals surface area contributed by atoms with E-state index in [1.165, 1.54) is 51.4 Å². The summed E-state index contributed by atoms with van der Waals surface area (Å²) in [6, 6.07) is 0. The Morgan fingerprint density at radius 2 is 1.90 bits per heavy atom. The van der Waals surface area contributed by atoms with Crippen molar-refractivity contribution in [1.29, 1.82) is 0 Å². The summed E-state index contributed by atoms with van der Waals surface area (Å²) in [4.78, 5) is 14.1. The molecule has 1 N–H and O–H groups in total. The molecule has 0 spiro atoms. The fraction of sp³-hybridized carbons (Fsp3) is 0.826. The van der Waals surface area contributed by atoms with Crippen LogP contribution in [0.5, 0.6) is 5.88 Å². The van der Waals surface area contributed by atoms with Crippen LogP contribution in [0.2, 0.25) is 0 Å². The number of fused-ring (bicyclic) bond motifs is 2. The number of aromatic nitrogens is 1. The van der Waals surface area contributed by atoms with Crippen molar-refractivity contribution >= 4 is 17.7 Å². The lowest BCUT2D eigenvalue weighted by molar-refractivity contribution is 0.0591. The molecule has 4 rings (SSSR count). The van der Waals surface area contributed by atoms with Gasteiger partial charge in [0.1, 0.15) is 4.90 Å². The van der Waals surface area contributed by atoms with E-state index in [1.807, 2.05) is 6.92 Å². The van der Waals surface area contributed by atoms with Gasteiger partial charge in [0.05, 0.1) is 6.61 Å². The second-order valence-corrected chi connectivity index (χ2v) is 11.2. The number of carbonyl (C=O) groups is 1. The summed E-state index contributed by atoms with van der Waals surface area (Å²) in [6.07, 6.45) is 12.2. The highest BCUT2D eigenvalue weighted by molar-refractivity contribution is 8.00. The first-order valence-corrected chi connectivity index (χ1v) is 12.5. The average molecular weight is 421 g/mol. The zero-order valence-electron chi connectivity index (χ0n) is 18.2. The smallest absolute Gasteiger partial charge is 0.291 e. The van der Waals surface area contributed by atoms with Crippen molar-refractivity contribution in [1.82, 2.24) is 10.5 Å². The molecule has 0 aromatic carbocycles. The Kier molecular flexibility index (Phi) is 6.47. The molecule has 2 bridgehead atoms. The van der Waals surface area contributed by atoms with E-state index in [2.05, 4.69) is 24.3 Å². The highest BCUT2D eigenvalue weighted by atomic mass is 32.2. The van der Waals surface area contributed by atoms with Gasteiger partial charge >= 0.3 is 0 Å². The predicted molar refractivity (Wildman–Crippen MR) is 116 cm³/mol. The van der Waals surface area contributed by atoms with Crippen molar-refractivity contribution in [3.05, 3.63) is 5.76 Å². The fourth-order valence-corrected chi connectivity index (χ4v) is 7.45. The van der Waals surface area contributed by atoms with Crippen LogP contribution >= 0.6 is 11.8 Å². The predicted octanol–water partition coefficient (Wildman–Crippen LogP) is 5.83. The molecule has 1 heterocycles. The summed E-state index contributed by atoms with van der Waals surface area (Å²) in [5, 5.41) is 7.96. The molecule has 162 valence electrons. The minimum absolute atomic E-state index is 0.128. The summed E-state index contributed by atoms with van der Waals surface area (Å²) in [5.74, 6) is 2.97. The molecule has 2 unspecified atom stereocenters. The Labute approximate surface area is 179 Å². The van der Waals surface area contributed by atoms with Crippen LogP contribution in [0.15, 0.2) is 9.42 Å². The normalized spacial score (nSPS) is 32.7. The Balaban J connectivity index is 1.49. The average Bonchev–Trinajstić information content (AvgIpc) is 3.04. The summed E-state index contributed by atoms with van der Waals surface area (Å²) >= 11 is 1.73. The van der Waals surface area contributed by atoms with Gasteiger partial charge in [0, 0.05) is 10.8 Å². The topological polar surface area (TPSA) is 64.4 Å². The molecule has 3 aliphatic rings. The number of rotatable bonds is 6. The highest BCUT2D eigenvalue weighted by Gasteiger charge is 2.42. The lowest BCUT2D eigenvalue weighted by Crippen LogP contribution is -2.52. The summed E-state index contributed by atoms with van der Waals surface area (Å²) < 4.78 is 11.2. The maximum atomic E-state index is 13.3. The van der Waals surface area contributed by atoms with Gasteiger partial charge in [-0.1, -0.05) is 26.2 Å². The van der Waals surface area contributed by atoms with Crippen LogP contribution in [0.3, 0.4) is 0 Å². The van der Waals surface area contributed by atoms with Crippen molar-refractivity contribution < 1.29 is 14.1 Å². The third-order valence-electron chi connectivity index (χ3n) is 6.98. The number of nitrogens with zero attached hydrogens (tertiary/aromatic N) is 1. The van der Waals surface area contributed by atoms with Crippen LogP contribution in [0.1, 0.15) is 95.5 Å². The van der Waals surface area contributed by atoms with Gasteiger partial charge in [-0.25, -0.2) is 0 Å². The monoisotopic (exact) mass is 420 g/mol. The van der Waals surface area contributed by atoms with E-state index in [4.69, 9.17) is 9.26 Å². The van der Waals surface area contributed by atoms with Gasteiger partial charge in [-0.3, -0.25) is 4.79 Å². The van der Waals surface area contributed by atoms with Crippen LogP contribution in [0.4, 0.5) is 0 Å². The summed E-state index contributed by atoms with van der Waals surface area (Å²) in [5.41, 5.74) is -0.157. The molecule has 1 aromatic heterocycles. The van der Waals surface area contributed by atoms with Crippen molar-refractivity contribution in [2.75, 3.05) is 6.61 Å². The molecule has 0 aliphatic heterocycles. The summed E-state index contributed by atoms with van der Waals surface area (Å²) in [7, 11) is 0. The maximum absolute atomic E-state index is 13.3. The quantitative estimate of drug-likeness (QED) is 0.627. The standard InChI is InChI=1S/C23H36N2O3S/c1-4-27-22-20(29-18-8-6-5-7-9-18)19(28-25-22)21(26)24-23(3)13-16-10-15(2)11-17(12-16)14-23/h15-18H,4-14H2,1-3H3,(H,24,26). The Morgan fingerprint density at radius 1 is 1.21 bits per heavy atom. The molecule has 29 heavy (non-hydrogen) atoms. The van der Waals surface area contributed by atoms with Gasteiger partial charge in [-0.05, 0) is 81.7 Å². The van der Waals surface area contributed by atoms with E-state index in [1.54, 1.807) is 11.8 Å². The molecular weight excluding hydrogens is 384 g/mol. The molecule has 3 aliphatic carbocycles. The SMILES string of the molecule is CCOc1noc(C(=O)NC2(C)CC3CC(C)CC(C3)C2)c1SC1CCCCC1. The number of nitrogens with one attached hydrogen (secondary N) is 1. The van der Waals surface area contributed by atoms with Gasteiger partial charge in [0.25, 0.3) is 11.8 Å². The van der Waals surface area contributed by atoms with Crippen LogP contribution in [-0.4, -0.2) is 28.5 Å². The zero-order chi connectivity index (χ0) is 20.4. The Hall–Kier alpha value is -1.17. The lowest BCUT2D eigenvalue weighted by atomic mass is 9.62. The van der Waals surface area contributed by atoms with Gasteiger partial charge in [-0.15, -0.1) is 11.8 Å². The van der Waals surface area contributed by atoms with Crippen molar-refractivity contribution in [3.8, 4) is 5.88 Å². The van der Waals surface area contributed by atoms with Gasteiger partial charge in [0.15, 0.2) is 0 Å². The number of thioether (sulfide) groups is 1. The van der Waals surface area contributed by atoms with Gasteiger partial charge in [-0.2, -0.15) is 0 Å². The number of carbonyl (C=O) groups excluding carboxylic acids is 1. The molecular formula is C23H36N2O3S. The van der Waals surface area contributed by atoms with Gasteiger partial charge < -0.3 is 14.6 Å². The second kappa shape index (κ2) is 8.91. The third kappa shape index (κ3) is 4.95. The number of hydrogen-bond acceptors (Lipinski definition) is 5. The zero-order valence-corrected chi connectivity index (χ0v) is 19.0. The largest absolute Gasteiger partial charge is 0.475 e. The maximum Gasteiger partial charge on any atom is 0.291 e. The van der Waals surface area contributed by atoms with Gasteiger partial charge in [0.2, 0.25) is 5.76 Å². The molecule has 6 heteroatoms. The molecule has 3 saturated carbocycles. The van der Waals surface area contributed by atoms with E-state index < -0.39 is 0 Å². The Morgan fingerprint density at radius 3 is 2.55 bits per heavy atom. The van der Waals surface area contributed by atoms with Crippen LogP contribution < -0.4 is 10.1 Å². The molecule has 2 atom stereocenters. The fourth-order valence-electron chi connectivity index (χ4n) is 6.12. The van der Waals surface area contributed by atoms with Crippen molar-refractivity contribution in [2.24, 2.45) is 17.8 Å². The van der Waals surface area contributed by atoms with Crippen molar-refractivity contribution in [2.45, 2.75) is 101 Å². The first-order chi connectivity index (χ1) is 14.0. The van der Waals surface area contributed by atoms with Crippen LogP contribution in [0.25, 0.3) is 0 Å². The van der Waals surface area contributed by atoms with E-state index in [0.29, 0.717) is 23.5 Å². The first-order valence-electron chi connectivity index (χ1n) is 11.6. The van der Waals surface area contributed by atoms with E-state index in [9.17, 15) is 4.79 Å². The minimum atomic E-state index is -0.157. The van der Waals surface area contributed by atoms with Crippen molar-refractivity contribution in [3.63, 3.8) is 0 Å². The van der Waals surface area contributed by atoms with E-state index in [-0.39, 0.29) is 11.4 Å². The molecule has 1 amide bonds. The molecule has 0 radical (unpaired) electrons. The lowest BCUT2D eigenvalue weighted by Gasteiger charge is -2.47. The van der Waals surface area contributed by atoms with Crippen LogP contribution in [0, 0.1) is 17.8 Å². The van der Waals surface area contributed by atoms with E-state index >= 15 is 0 Å². The second-order valence-electron chi connectivity index (χ2n) is 9.92. The first kappa shape index (κ1) is 21.1. The molecule has 1 aromatic rings. The molecule has 0 saturated heterocycles. The third-order valence-corrected chi connectivity index (χ3v) is 8.38. The minimum Gasteiger partial charge on any atom is -0.475 e. The molecule has 5 nitrogen and oxygen atoms in total. The van der Waals surface area contributed by atoms with E-state index in [0.717, 1.165) is 35.5 Å². The Bertz CT molecular complexity index is 695. The van der Waals surface area contributed by atoms with Crippen LogP contribution in [-0.2, 0) is 0 Å². The molecule has 3 fully saturated rings. The number of amides is 1.